The van der Waals surface area contributed by atoms with Crippen LogP contribution in [0.3, 0.4) is 0 Å². The van der Waals surface area contributed by atoms with Crippen LogP contribution < -0.4 is 10.0 Å². The molecule has 0 aromatic heterocycles. The number of rotatable bonds is 5. The number of carbonyl (C=O) groups is 1. The molecule has 0 bridgehead atoms. The van der Waals surface area contributed by atoms with Crippen molar-refractivity contribution in [3.8, 4) is 0 Å². The number of hydrogen-bond donors (Lipinski definition) is 2. The van der Waals surface area contributed by atoms with E-state index in [0.29, 0.717) is 11.3 Å². The standard InChI is InChI=1S/C20H17FN2O3S/c1-14-12-16(21)10-11-19(14)22-20(24)15-6-5-7-17(13-15)23-27(25,26)18-8-3-2-4-9-18/h2-13,23H,1H3,(H,22,24). The molecule has 3 aromatic carbocycles. The highest BCUT2D eigenvalue weighted by atomic mass is 32.2. The van der Waals surface area contributed by atoms with Crippen molar-refractivity contribution in [3.05, 3.63) is 89.7 Å². The number of sulfonamides is 1. The zero-order chi connectivity index (χ0) is 19.4. The van der Waals surface area contributed by atoms with Crippen LogP contribution >= 0.6 is 0 Å². The van der Waals surface area contributed by atoms with E-state index in [9.17, 15) is 17.6 Å². The van der Waals surface area contributed by atoms with E-state index in [2.05, 4.69) is 10.0 Å². The Hall–Kier alpha value is -3.19. The third-order valence-electron chi connectivity index (χ3n) is 3.87. The van der Waals surface area contributed by atoms with Crippen LogP contribution in [0.2, 0.25) is 0 Å². The lowest BCUT2D eigenvalue weighted by atomic mass is 10.1. The molecule has 0 spiro atoms. The van der Waals surface area contributed by atoms with Crippen molar-refractivity contribution in [1.82, 2.24) is 0 Å². The van der Waals surface area contributed by atoms with Gasteiger partial charge in [-0.1, -0.05) is 24.3 Å². The molecule has 1 amide bonds. The molecular weight excluding hydrogens is 367 g/mol. The van der Waals surface area contributed by atoms with Gasteiger partial charge < -0.3 is 5.32 Å². The van der Waals surface area contributed by atoms with Gasteiger partial charge >= 0.3 is 0 Å². The molecule has 0 radical (unpaired) electrons. The Morgan fingerprint density at radius 1 is 0.926 bits per heavy atom. The smallest absolute Gasteiger partial charge is 0.261 e. The molecule has 0 aliphatic rings. The lowest BCUT2D eigenvalue weighted by Crippen LogP contribution is -2.15. The van der Waals surface area contributed by atoms with Crippen molar-refractivity contribution < 1.29 is 17.6 Å². The molecule has 7 heteroatoms. The van der Waals surface area contributed by atoms with Crippen LogP contribution in [-0.2, 0) is 10.0 Å². The summed E-state index contributed by atoms with van der Waals surface area (Å²) in [5.41, 5.74) is 1.61. The summed E-state index contributed by atoms with van der Waals surface area (Å²) in [6.45, 7) is 1.68. The SMILES string of the molecule is Cc1cc(F)ccc1NC(=O)c1cccc(NS(=O)(=O)c2ccccc2)c1. The first-order valence-corrected chi connectivity index (χ1v) is 9.59. The van der Waals surface area contributed by atoms with Gasteiger partial charge in [-0.05, 0) is 61.0 Å². The van der Waals surface area contributed by atoms with Crippen molar-refractivity contribution in [2.75, 3.05) is 10.0 Å². The summed E-state index contributed by atoms with van der Waals surface area (Å²) < 4.78 is 40.4. The van der Waals surface area contributed by atoms with E-state index in [0.717, 1.165) is 0 Å². The third kappa shape index (κ3) is 4.51. The van der Waals surface area contributed by atoms with E-state index in [4.69, 9.17) is 0 Å². The van der Waals surface area contributed by atoms with Crippen LogP contribution in [0, 0.1) is 12.7 Å². The van der Waals surface area contributed by atoms with Gasteiger partial charge in [0.25, 0.3) is 15.9 Å². The molecule has 0 unspecified atom stereocenters. The van der Waals surface area contributed by atoms with Gasteiger partial charge in [0, 0.05) is 16.9 Å². The van der Waals surface area contributed by atoms with Gasteiger partial charge in [0.2, 0.25) is 0 Å². The molecule has 0 aliphatic carbocycles. The number of anilines is 2. The van der Waals surface area contributed by atoms with Gasteiger partial charge in [-0.3, -0.25) is 9.52 Å². The van der Waals surface area contributed by atoms with E-state index in [-0.39, 0.29) is 22.0 Å². The van der Waals surface area contributed by atoms with Crippen LogP contribution in [0.5, 0.6) is 0 Å². The highest BCUT2D eigenvalue weighted by molar-refractivity contribution is 7.92. The van der Waals surface area contributed by atoms with Crippen LogP contribution in [0.1, 0.15) is 15.9 Å². The molecular formula is C20H17FN2O3S. The molecule has 0 saturated heterocycles. The second-order valence-corrected chi connectivity index (χ2v) is 7.60. The first-order valence-electron chi connectivity index (χ1n) is 8.10. The average Bonchev–Trinajstić information content (AvgIpc) is 2.64. The number of halogens is 1. The van der Waals surface area contributed by atoms with Crippen molar-refractivity contribution >= 4 is 27.3 Å². The van der Waals surface area contributed by atoms with Crippen molar-refractivity contribution in [3.63, 3.8) is 0 Å². The van der Waals surface area contributed by atoms with E-state index >= 15 is 0 Å². The fourth-order valence-corrected chi connectivity index (χ4v) is 3.57. The summed E-state index contributed by atoms with van der Waals surface area (Å²) in [7, 11) is -3.75. The lowest BCUT2D eigenvalue weighted by molar-refractivity contribution is 0.102. The summed E-state index contributed by atoms with van der Waals surface area (Å²) in [6, 6.07) is 18.1. The number of benzene rings is 3. The van der Waals surface area contributed by atoms with Gasteiger partial charge in [0.15, 0.2) is 0 Å². The van der Waals surface area contributed by atoms with Gasteiger partial charge in [-0.15, -0.1) is 0 Å². The van der Waals surface area contributed by atoms with Crippen LogP contribution in [0.4, 0.5) is 15.8 Å². The molecule has 0 saturated carbocycles. The summed E-state index contributed by atoms with van der Waals surface area (Å²) in [4.78, 5) is 12.6. The minimum absolute atomic E-state index is 0.127. The number of nitrogens with one attached hydrogen (secondary N) is 2. The third-order valence-corrected chi connectivity index (χ3v) is 5.26. The summed E-state index contributed by atoms with van der Waals surface area (Å²) >= 11 is 0. The van der Waals surface area contributed by atoms with Gasteiger partial charge in [0.1, 0.15) is 5.82 Å². The predicted octanol–water partition coefficient (Wildman–Crippen LogP) is 4.19. The molecule has 138 valence electrons. The van der Waals surface area contributed by atoms with Gasteiger partial charge in [-0.2, -0.15) is 0 Å². The molecule has 0 atom stereocenters. The molecule has 5 nitrogen and oxygen atoms in total. The Bertz CT molecular complexity index is 1080. The fourth-order valence-electron chi connectivity index (χ4n) is 2.50. The molecule has 0 fully saturated rings. The molecule has 2 N–H and O–H groups in total. The minimum atomic E-state index is -3.75. The largest absolute Gasteiger partial charge is 0.322 e. The van der Waals surface area contributed by atoms with E-state index in [1.807, 2.05) is 0 Å². The number of hydrogen-bond acceptors (Lipinski definition) is 3. The van der Waals surface area contributed by atoms with Crippen LogP contribution in [0.15, 0.2) is 77.7 Å². The molecule has 27 heavy (non-hydrogen) atoms. The molecule has 0 heterocycles. The predicted molar refractivity (Wildman–Crippen MR) is 103 cm³/mol. The normalized spacial score (nSPS) is 11.0. The number of carbonyl (C=O) groups excluding carboxylic acids is 1. The highest BCUT2D eigenvalue weighted by Crippen LogP contribution is 2.20. The maximum absolute atomic E-state index is 13.2. The van der Waals surface area contributed by atoms with E-state index < -0.39 is 15.9 Å². The Labute approximate surface area is 156 Å². The van der Waals surface area contributed by atoms with Gasteiger partial charge in [-0.25, -0.2) is 12.8 Å². The Morgan fingerprint density at radius 2 is 1.67 bits per heavy atom. The first kappa shape index (κ1) is 18.6. The summed E-state index contributed by atoms with van der Waals surface area (Å²) in [5.74, 6) is -0.812. The summed E-state index contributed by atoms with van der Waals surface area (Å²) in [5, 5.41) is 2.69. The van der Waals surface area contributed by atoms with Crippen LogP contribution in [0.25, 0.3) is 0 Å². The van der Waals surface area contributed by atoms with Crippen molar-refractivity contribution in [2.24, 2.45) is 0 Å². The quantitative estimate of drug-likeness (QED) is 0.693. The molecule has 3 rings (SSSR count). The Kier molecular flexibility index (Phi) is 5.23. The van der Waals surface area contributed by atoms with E-state index in [1.54, 1.807) is 43.3 Å². The zero-order valence-electron chi connectivity index (χ0n) is 14.4. The van der Waals surface area contributed by atoms with Gasteiger partial charge in [0.05, 0.1) is 4.90 Å². The van der Waals surface area contributed by atoms with Crippen molar-refractivity contribution in [2.45, 2.75) is 11.8 Å². The summed E-state index contributed by atoms with van der Waals surface area (Å²) in [6.07, 6.45) is 0. The Balaban J connectivity index is 1.80. The molecule has 3 aromatic rings. The minimum Gasteiger partial charge on any atom is -0.322 e. The number of aryl methyl sites for hydroxylation is 1. The van der Waals surface area contributed by atoms with Crippen molar-refractivity contribution in [1.29, 1.82) is 0 Å². The number of amides is 1. The second kappa shape index (κ2) is 7.59. The first-order chi connectivity index (χ1) is 12.8. The topological polar surface area (TPSA) is 75.3 Å². The zero-order valence-corrected chi connectivity index (χ0v) is 15.3. The van der Waals surface area contributed by atoms with Crippen LogP contribution in [-0.4, -0.2) is 14.3 Å². The second-order valence-electron chi connectivity index (χ2n) is 5.91. The Morgan fingerprint density at radius 3 is 2.37 bits per heavy atom. The molecule has 0 aliphatic heterocycles. The van der Waals surface area contributed by atoms with E-state index in [1.165, 1.54) is 36.4 Å². The monoisotopic (exact) mass is 384 g/mol. The fraction of sp³-hybridized carbons (Fsp3) is 0.0500. The lowest BCUT2D eigenvalue weighted by Gasteiger charge is -2.11. The maximum atomic E-state index is 13.2. The highest BCUT2D eigenvalue weighted by Gasteiger charge is 2.15. The average molecular weight is 384 g/mol. The maximum Gasteiger partial charge on any atom is 0.261 e.